The molecule has 0 saturated heterocycles. The van der Waals surface area contributed by atoms with E-state index in [0.29, 0.717) is 41.0 Å². The monoisotopic (exact) mass is 592 g/mol. The van der Waals surface area contributed by atoms with E-state index in [-0.39, 0.29) is 24.2 Å². The number of rotatable bonds is 10. The van der Waals surface area contributed by atoms with Crippen LogP contribution in [0.3, 0.4) is 0 Å². The van der Waals surface area contributed by atoms with Gasteiger partial charge < -0.3 is 14.8 Å². The summed E-state index contributed by atoms with van der Waals surface area (Å²) < 4.78 is 46.4. The molecule has 6 rings (SSSR count). The third-order valence-electron chi connectivity index (χ3n) is 8.00. The lowest BCUT2D eigenvalue weighted by Gasteiger charge is -2.32. The lowest BCUT2D eigenvalue weighted by molar-refractivity contribution is -0.137. The minimum atomic E-state index is -4.43. The molecule has 224 valence electrons. The van der Waals surface area contributed by atoms with Crippen LogP contribution in [-0.2, 0) is 19.1 Å². The molecule has 2 N–H and O–H groups in total. The van der Waals surface area contributed by atoms with Gasteiger partial charge in [0.15, 0.2) is 11.5 Å². The largest absolute Gasteiger partial charge is 0.439 e. The molecule has 0 radical (unpaired) electrons. The van der Waals surface area contributed by atoms with E-state index in [0.717, 1.165) is 37.0 Å². The number of anilines is 2. The number of hydrogen-bond acceptors (Lipinski definition) is 8. The van der Waals surface area contributed by atoms with Gasteiger partial charge in [0.25, 0.3) is 0 Å². The number of benzene rings is 2. The first kappa shape index (κ1) is 28.4. The van der Waals surface area contributed by atoms with Gasteiger partial charge >= 0.3 is 11.9 Å². The van der Waals surface area contributed by atoms with Crippen molar-refractivity contribution in [3.8, 4) is 11.6 Å². The van der Waals surface area contributed by atoms with E-state index in [2.05, 4.69) is 39.5 Å². The Morgan fingerprint density at radius 3 is 2.44 bits per heavy atom. The zero-order valence-electron chi connectivity index (χ0n) is 23.7. The van der Waals surface area contributed by atoms with E-state index in [1.807, 2.05) is 34.7 Å². The average Bonchev–Trinajstić information content (AvgIpc) is 3.55. The maximum atomic E-state index is 13.3. The van der Waals surface area contributed by atoms with Crippen LogP contribution in [0, 0.1) is 5.92 Å². The molecule has 43 heavy (non-hydrogen) atoms. The number of hydrogen-bond donors (Lipinski definition) is 2. The van der Waals surface area contributed by atoms with Crippen molar-refractivity contribution in [1.82, 2.24) is 29.7 Å². The van der Waals surface area contributed by atoms with Crippen LogP contribution in [0.5, 0.6) is 0 Å². The van der Waals surface area contributed by atoms with Crippen molar-refractivity contribution >= 4 is 22.9 Å². The summed E-state index contributed by atoms with van der Waals surface area (Å²) >= 11 is 0. The molecule has 3 heterocycles. The zero-order valence-corrected chi connectivity index (χ0v) is 23.7. The lowest BCUT2D eigenvalue weighted by atomic mass is 9.80. The molecule has 10 nitrogen and oxygen atoms in total. The minimum Gasteiger partial charge on any atom is -0.365 e. The maximum absolute atomic E-state index is 13.3. The summed E-state index contributed by atoms with van der Waals surface area (Å²) in [5, 5.41) is 7.31. The normalized spacial score (nSPS) is 14.5. The van der Waals surface area contributed by atoms with Crippen LogP contribution in [-0.4, -0.2) is 49.3 Å². The van der Waals surface area contributed by atoms with Gasteiger partial charge in [0.05, 0.1) is 12.1 Å². The number of aromatic nitrogens is 6. The molecular weight excluding hydrogens is 561 g/mol. The van der Waals surface area contributed by atoms with Gasteiger partial charge in [-0.1, -0.05) is 54.0 Å². The fourth-order valence-electron chi connectivity index (χ4n) is 5.29. The van der Waals surface area contributed by atoms with Crippen molar-refractivity contribution < 1.29 is 17.7 Å². The van der Waals surface area contributed by atoms with Crippen molar-refractivity contribution in [1.29, 1.82) is 0 Å². The Kier molecular flexibility index (Phi) is 7.63. The predicted octanol–water partition coefficient (Wildman–Crippen LogP) is 5.52. The van der Waals surface area contributed by atoms with Gasteiger partial charge in [-0.05, 0) is 55.4 Å². The third kappa shape index (κ3) is 6.11. The first-order valence-electron chi connectivity index (χ1n) is 14.2. The summed E-state index contributed by atoms with van der Waals surface area (Å²) in [7, 11) is 1.92. The number of halogens is 3. The quantitative estimate of drug-likeness (QED) is 0.218. The van der Waals surface area contributed by atoms with Gasteiger partial charge in [-0.2, -0.15) is 18.2 Å². The Morgan fingerprint density at radius 2 is 1.81 bits per heavy atom. The number of nitrogens with one attached hydrogen (secondary N) is 2. The fourth-order valence-corrected chi connectivity index (χ4v) is 5.29. The Hall–Kier alpha value is -4.68. The number of H-pyrrole nitrogens is 1. The Bertz CT molecular complexity index is 1760. The van der Waals surface area contributed by atoms with E-state index < -0.39 is 17.5 Å². The average molecular weight is 593 g/mol. The van der Waals surface area contributed by atoms with Gasteiger partial charge in [-0.3, -0.25) is 9.51 Å². The standard InChI is InChI=1S/C30H31F3N8O2/c1-18(21-9-6-10-21)34-24-23-25(36-26(35-24)27-38-29(42)43-39-27)37-28(40(2)16-15-19-7-4-3-5-8-19)41(23)17-20-11-13-22(14-12-20)30(31,32)33/h3-5,7-8,11-14,18,21H,6,9-10,15-17H2,1-2H3,(H,34,35,36)(H,38,39,42). The van der Waals surface area contributed by atoms with Gasteiger partial charge in [0, 0.05) is 19.6 Å². The van der Waals surface area contributed by atoms with Crippen molar-refractivity contribution in [3.63, 3.8) is 0 Å². The SMILES string of the molecule is CC(Nc1nc(-c2noc(=O)[nH]2)nc2nc(N(C)CCc3ccccc3)n(Cc3ccc(C(F)(F)F)cc3)c12)C1CCC1. The van der Waals surface area contributed by atoms with E-state index in [1.165, 1.54) is 18.6 Å². The molecule has 13 heteroatoms. The van der Waals surface area contributed by atoms with Gasteiger partial charge in [0.1, 0.15) is 5.52 Å². The molecule has 1 unspecified atom stereocenters. The number of aromatic amines is 1. The molecule has 0 bridgehead atoms. The summed E-state index contributed by atoms with van der Waals surface area (Å²) in [5.74, 6) is 1.02. The summed E-state index contributed by atoms with van der Waals surface area (Å²) in [4.78, 5) is 30.4. The number of fused-ring (bicyclic) bond motifs is 1. The topological polar surface area (TPSA) is 118 Å². The third-order valence-corrected chi connectivity index (χ3v) is 8.00. The molecule has 3 aromatic heterocycles. The molecule has 0 amide bonds. The summed E-state index contributed by atoms with van der Waals surface area (Å²) in [5.41, 5.74) is 2.06. The number of likely N-dealkylation sites (N-methyl/N-ethyl adjacent to an activating group) is 1. The second-order valence-corrected chi connectivity index (χ2v) is 11.0. The van der Waals surface area contributed by atoms with Crippen LogP contribution in [0.4, 0.5) is 24.9 Å². The van der Waals surface area contributed by atoms with Crippen LogP contribution in [0.15, 0.2) is 63.9 Å². The zero-order chi connectivity index (χ0) is 30.1. The molecular formula is C30H31F3N8O2. The molecule has 1 aliphatic carbocycles. The van der Waals surface area contributed by atoms with Crippen LogP contribution in [0.1, 0.15) is 42.9 Å². The Balaban J connectivity index is 1.45. The lowest BCUT2D eigenvalue weighted by Crippen LogP contribution is -2.31. The van der Waals surface area contributed by atoms with Gasteiger partial charge in [-0.15, -0.1) is 0 Å². The van der Waals surface area contributed by atoms with E-state index in [1.54, 1.807) is 0 Å². The van der Waals surface area contributed by atoms with Crippen molar-refractivity contribution in [2.24, 2.45) is 5.92 Å². The first-order valence-corrected chi connectivity index (χ1v) is 14.2. The number of alkyl halides is 3. The highest BCUT2D eigenvalue weighted by atomic mass is 19.4. The molecule has 2 aromatic carbocycles. The van der Waals surface area contributed by atoms with Crippen LogP contribution in [0.2, 0.25) is 0 Å². The van der Waals surface area contributed by atoms with Gasteiger partial charge in [-0.25, -0.2) is 14.8 Å². The van der Waals surface area contributed by atoms with Gasteiger partial charge in [0.2, 0.25) is 17.6 Å². The summed E-state index contributed by atoms with van der Waals surface area (Å²) in [6.07, 6.45) is -0.302. The first-order chi connectivity index (χ1) is 20.7. The Labute approximate surface area is 245 Å². The van der Waals surface area contributed by atoms with E-state index >= 15 is 0 Å². The Morgan fingerprint density at radius 1 is 1.07 bits per heavy atom. The second kappa shape index (κ2) is 11.5. The molecule has 0 aliphatic heterocycles. The second-order valence-electron chi connectivity index (χ2n) is 11.0. The maximum Gasteiger partial charge on any atom is 0.439 e. The molecule has 1 fully saturated rings. The minimum absolute atomic E-state index is 0.0718. The van der Waals surface area contributed by atoms with Crippen molar-refractivity contribution in [2.75, 3.05) is 23.8 Å². The highest BCUT2D eigenvalue weighted by molar-refractivity contribution is 5.87. The highest BCUT2D eigenvalue weighted by Gasteiger charge is 2.31. The van der Waals surface area contributed by atoms with Crippen molar-refractivity contribution in [2.45, 2.75) is 51.4 Å². The van der Waals surface area contributed by atoms with E-state index in [4.69, 9.17) is 14.5 Å². The molecule has 1 saturated carbocycles. The van der Waals surface area contributed by atoms with E-state index in [9.17, 15) is 18.0 Å². The van der Waals surface area contributed by atoms with Crippen LogP contribution in [0.25, 0.3) is 22.8 Å². The molecule has 0 spiro atoms. The van der Waals surface area contributed by atoms with Crippen LogP contribution < -0.4 is 16.0 Å². The smallest absolute Gasteiger partial charge is 0.365 e. The fraction of sp³-hybridized carbons (Fsp3) is 0.367. The predicted molar refractivity (Wildman–Crippen MR) is 156 cm³/mol. The molecule has 1 aliphatic rings. The summed E-state index contributed by atoms with van der Waals surface area (Å²) in [6, 6.07) is 15.3. The summed E-state index contributed by atoms with van der Waals surface area (Å²) in [6.45, 7) is 2.95. The number of nitrogens with zero attached hydrogens (tertiary/aromatic N) is 6. The molecule has 5 aromatic rings. The number of imidazole rings is 1. The molecule has 1 atom stereocenters. The van der Waals surface area contributed by atoms with Crippen molar-refractivity contribution in [3.05, 3.63) is 81.8 Å². The van der Waals surface area contributed by atoms with Crippen LogP contribution >= 0.6 is 0 Å². The highest BCUT2D eigenvalue weighted by Crippen LogP contribution is 2.35.